The fourth-order valence-electron chi connectivity index (χ4n) is 6.67. The van der Waals surface area contributed by atoms with Crippen LogP contribution in [0.25, 0.3) is 10.9 Å². The largest absolute Gasteiger partial charge is 0.506 e. The van der Waals surface area contributed by atoms with Gasteiger partial charge in [0.1, 0.15) is 11.3 Å². The van der Waals surface area contributed by atoms with Crippen LogP contribution in [0.1, 0.15) is 68.8 Å². The molecule has 0 atom stereocenters. The van der Waals surface area contributed by atoms with E-state index in [-0.39, 0.29) is 17.4 Å². The van der Waals surface area contributed by atoms with Gasteiger partial charge in [-0.2, -0.15) is 0 Å². The maximum atomic E-state index is 13.1. The van der Waals surface area contributed by atoms with Crippen LogP contribution in [-0.2, 0) is 0 Å². The number of amides is 1. The molecule has 4 fully saturated rings. The first-order valence-corrected chi connectivity index (χ1v) is 12.0. The highest BCUT2D eigenvalue weighted by molar-refractivity contribution is 6.02. The Labute approximate surface area is 188 Å². The zero-order valence-corrected chi connectivity index (χ0v) is 19.0. The lowest BCUT2D eigenvalue weighted by atomic mass is 9.63. The SMILES string of the molecule is CC(C)n1c(=O)c(C(=O)NCCCN2C3CC4CC(C3)CC2C4)c(O)c2cc(N)ccc21. The molecule has 0 unspecified atom stereocenters. The highest BCUT2D eigenvalue weighted by atomic mass is 16.3. The third-order valence-corrected chi connectivity index (χ3v) is 7.85. The second-order valence-electron chi connectivity index (χ2n) is 10.3. The average molecular weight is 439 g/mol. The summed E-state index contributed by atoms with van der Waals surface area (Å²) in [6.45, 7) is 5.23. The van der Waals surface area contributed by atoms with Crippen molar-refractivity contribution in [3.05, 3.63) is 34.1 Å². The molecule has 6 rings (SSSR count). The van der Waals surface area contributed by atoms with E-state index >= 15 is 0 Å². The predicted molar refractivity (Wildman–Crippen MR) is 126 cm³/mol. The lowest BCUT2D eigenvalue weighted by Crippen LogP contribution is -2.58. The Bertz CT molecular complexity index is 1080. The van der Waals surface area contributed by atoms with Crippen LogP contribution in [0.15, 0.2) is 23.0 Å². The van der Waals surface area contributed by atoms with E-state index in [1.165, 1.54) is 32.1 Å². The van der Waals surface area contributed by atoms with Crippen molar-refractivity contribution in [2.24, 2.45) is 11.8 Å². The van der Waals surface area contributed by atoms with Crippen molar-refractivity contribution in [2.45, 2.75) is 70.5 Å². The molecule has 4 N–H and O–H groups in total. The zero-order valence-electron chi connectivity index (χ0n) is 19.0. The molecule has 2 aromatic rings. The van der Waals surface area contributed by atoms with Gasteiger partial charge in [-0.05, 0) is 82.4 Å². The molecule has 1 aromatic heterocycles. The van der Waals surface area contributed by atoms with Gasteiger partial charge in [0.2, 0.25) is 0 Å². The van der Waals surface area contributed by atoms with E-state index in [0.717, 1.165) is 36.9 Å². The minimum absolute atomic E-state index is 0.162. The summed E-state index contributed by atoms with van der Waals surface area (Å²) in [4.78, 5) is 28.7. The molecule has 2 saturated heterocycles. The van der Waals surface area contributed by atoms with Crippen LogP contribution < -0.4 is 16.6 Å². The first-order chi connectivity index (χ1) is 15.3. The maximum absolute atomic E-state index is 13.1. The summed E-state index contributed by atoms with van der Waals surface area (Å²) in [5.74, 6) is 1.05. The normalized spacial score (nSPS) is 26.8. The molecule has 2 saturated carbocycles. The van der Waals surface area contributed by atoms with Crippen molar-refractivity contribution >= 4 is 22.5 Å². The molecule has 2 aliphatic carbocycles. The number of nitrogen functional groups attached to an aromatic ring is 1. The van der Waals surface area contributed by atoms with Crippen LogP contribution in [0.3, 0.4) is 0 Å². The van der Waals surface area contributed by atoms with Crippen molar-refractivity contribution < 1.29 is 9.90 Å². The number of hydrogen-bond acceptors (Lipinski definition) is 5. The third kappa shape index (κ3) is 3.56. The monoisotopic (exact) mass is 438 g/mol. The minimum Gasteiger partial charge on any atom is -0.506 e. The van der Waals surface area contributed by atoms with Crippen molar-refractivity contribution in [2.75, 3.05) is 18.8 Å². The summed E-state index contributed by atoms with van der Waals surface area (Å²) in [7, 11) is 0. The summed E-state index contributed by atoms with van der Waals surface area (Å²) in [5, 5.41) is 14.1. The number of piperidine rings is 2. The van der Waals surface area contributed by atoms with Gasteiger partial charge in [0, 0.05) is 42.3 Å². The highest BCUT2D eigenvalue weighted by Crippen LogP contribution is 2.49. The number of carbonyl (C=O) groups is 1. The van der Waals surface area contributed by atoms with E-state index in [0.29, 0.717) is 23.1 Å². The van der Waals surface area contributed by atoms with Gasteiger partial charge >= 0.3 is 0 Å². The van der Waals surface area contributed by atoms with Crippen LogP contribution in [0.4, 0.5) is 5.69 Å². The van der Waals surface area contributed by atoms with E-state index < -0.39 is 11.5 Å². The van der Waals surface area contributed by atoms with E-state index in [1.54, 1.807) is 22.8 Å². The lowest BCUT2D eigenvalue weighted by molar-refractivity contribution is -0.0587. The molecule has 0 radical (unpaired) electrons. The quantitative estimate of drug-likeness (QED) is 0.475. The second-order valence-corrected chi connectivity index (χ2v) is 10.3. The van der Waals surface area contributed by atoms with Gasteiger partial charge in [-0.3, -0.25) is 14.5 Å². The van der Waals surface area contributed by atoms with Gasteiger partial charge in [-0.1, -0.05) is 0 Å². The number of aromatic hydroxyl groups is 1. The predicted octanol–water partition coefficient (Wildman–Crippen LogP) is 3.25. The molecule has 0 spiro atoms. The number of pyridine rings is 1. The number of nitrogens with one attached hydrogen (secondary N) is 1. The topological polar surface area (TPSA) is 101 Å². The van der Waals surface area contributed by atoms with Crippen LogP contribution >= 0.6 is 0 Å². The Hall–Kier alpha value is -2.54. The van der Waals surface area contributed by atoms with Crippen molar-refractivity contribution in [1.29, 1.82) is 0 Å². The molecule has 4 bridgehead atoms. The number of fused-ring (bicyclic) bond motifs is 1. The molecule has 1 amide bonds. The van der Waals surface area contributed by atoms with Gasteiger partial charge in [-0.25, -0.2) is 0 Å². The minimum atomic E-state index is -0.522. The van der Waals surface area contributed by atoms with Crippen LogP contribution in [-0.4, -0.2) is 45.7 Å². The number of hydrogen-bond donors (Lipinski definition) is 3. The number of rotatable bonds is 6. The molecule has 4 aliphatic rings. The Morgan fingerprint density at radius 2 is 1.81 bits per heavy atom. The standard InChI is InChI=1S/C25H34N4O3/c1-14(2)29-21-5-4-17(26)13-20(21)23(30)22(25(29)32)24(31)27-6-3-7-28-18-9-15-8-16(11-18)12-19(28)10-15/h4-5,13-16,18-19,30H,3,6-12,26H2,1-2H3,(H,27,31). The first kappa shape index (κ1) is 21.3. The lowest BCUT2D eigenvalue weighted by Gasteiger charge is -2.56. The number of benzene rings is 1. The number of carbonyl (C=O) groups excluding carboxylic acids is 1. The molecule has 3 heterocycles. The molecule has 172 valence electrons. The Kier molecular flexibility index (Phi) is 5.40. The average Bonchev–Trinajstić information content (AvgIpc) is 2.72. The van der Waals surface area contributed by atoms with E-state index in [2.05, 4.69) is 10.2 Å². The summed E-state index contributed by atoms with van der Waals surface area (Å²) >= 11 is 0. The Balaban J connectivity index is 1.29. The van der Waals surface area contributed by atoms with Crippen molar-refractivity contribution in [3.8, 4) is 5.75 Å². The van der Waals surface area contributed by atoms with Gasteiger partial charge in [0.25, 0.3) is 11.5 Å². The number of aromatic nitrogens is 1. The number of anilines is 1. The number of nitrogens with two attached hydrogens (primary N) is 1. The molecule has 7 nitrogen and oxygen atoms in total. The van der Waals surface area contributed by atoms with Crippen LogP contribution in [0.2, 0.25) is 0 Å². The molecule has 7 heteroatoms. The van der Waals surface area contributed by atoms with E-state index in [4.69, 9.17) is 5.73 Å². The first-order valence-electron chi connectivity index (χ1n) is 12.0. The fraction of sp³-hybridized carbons (Fsp3) is 0.600. The third-order valence-electron chi connectivity index (χ3n) is 7.85. The van der Waals surface area contributed by atoms with Gasteiger partial charge in [0.15, 0.2) is 0 Å². The summed E-state index contributed by atoms with van der Waals surface area (Å²) in [5.41, 5.74) is 6.26. The maximum Gasteiger partial charge on any atom is 0.267 e. The van der Waals surface area contributed by atoms with Crippen molar-refractivity contribution in [3.63, 3.8) is 0 Å². The second kappa shape index (κ2) is 8.10. The summed E-state index contributed by atoms with van der Waals surface area (Å²) in [6.07, 6.45) is 7.62. The summed E-state index contributed by atoms with van der Waals surface area (Å²) < 4.78 is 1.55. The molecular formula is C25H34N4O3. The zero-order chi connectivity index (χ0) is 22.6. The number of nitrogens with zero attached hydrogens (tertiary/aromatic N) is 2. The molecular weight excluding hydrogens is 404 g/mol. The van der Waals surface area contributed by atoms with Crippen LogP contribution in [0, 0.1) is 11.8 Å². The highest BCUT2D eigenvalue weighted by Gasteiger charge is 2.46. The van der Waals surface area contributed by atoms with Crippen molar-refractivity contribution in [1.82, 2.24) is 14.8 Å². The van der Waals surface area contributed by atoms with E-state index in [9.17, 15) is 14.7 Å². The van der Waals surface area contributed by atoms with E-state index in [1.807, 2.05) is 13.8 Å². The van der Waals surface area contributed by atoms with Gasteiger partial charge < -0.3 is 20.7 Å². The molecule has 32 heavy (non-hydrogen) atoms. The summed E-state index contributed by atoms with van der Waals surface area (Å²) in [6, 6.07) is 6.29. The smallest absolute Gasteiger partial charge is 0.267 e. The Morgan fingerprint density at radius 1 is 1.16 bits per heavy atom. The molecule has 1 aromatic carbocycles. The fourth-order valence-corrected chi connectivity index (χ4v) is 6.67. The van der Waals surface area contributed by atoms with Crippen LogP contribution in [0.5, 0.6) is 5.75 Å². The van der Waals surface area contributed by atoms with Gasteiger partial charge in [0.05, 0.1) is 5.52 Å². The Morgan fingerprint density at radius 3 is 2.44 bits per heavy atom. The van der Waals surface area contributed by atoms with Gasteiger partial charge in [-0.15, -0.1) is 0 Å². The molecule has 2 aliphatic heterocycles.